The summed E-state index contributed by atoms with van der Waals surface area (Å²) in [6.45, 7) is 8.07. The van der Waals surface area contributed by atoms with Crippen molar-refractivity contribution in [3.63, 3.8) is 0 Å². The summed E-state index contributed by atoms with van der Waals surface area (Å²) >= 11 is 0. The van der Waals surface area contributed by atoms with Crippen LogP contribution in [0, 0.1) is 0 Å². The van der Waals surface area contributed by atoms with Gasteiger partial charge in [0.15, 0.2) is 0 Å². The highest BCUT2D eigenvalue weighted by molar-refractivity contribution is 6.45. The Bertz CT molecular complexity index is 143. The van der Waals surface area contributed by atoms with Crippen LogP contribution in [-0.2, 0) is 9.31 Å². The van der Waals surface area contributed by atoms with E-state index in [0.29, 0.717) is 6.44 Å². The van der Waals surface area contributed by atoms with Gasteiger partial charge in [0.05, 0.1) is 11.2 Å². The normalized spacial score (nSPS) is 27.5. The fourth-order valence-electron chi connectivity index (χ4n) is 1.06. The van der Waals surface area contributed by atoms with Crippen molar-refractivity contribution in [2.24, 2.45) is 5.73 Å². The van der Waals surface area contributed by atoms with Crippen LogP contribution >= 0.6 is 0 Å². The molecule has 4 heteroatoms. The van der Waals surface area contributed by atoms with Gasteiger partial charge in [0, 0.05) is 6.44 Å². The fourth-order valence-corrected chi connectivity index (χ4v) is 1.06. The Hall–Kier alpha value is -0.0551. The largest absolute Gasteiger partial charge is 0.472 e. The van der Waals surface area contributed by atoms with Gasteiger partial charge in [-0.1, -0.05) is 0 Å². The number of rotatable bonds is 1. The fraction of sp³-hybridized carbons (Fsp3) is 1.00. The molecule has 0 amide bonds. The maximum Gasteiger partial charge on any atom is 0.472 e. The summed E-state index contributed by atoms with van der Waals surface area (Å²) in [7, 11) is -0.236. The van der Waals surface area contributed by atoms with Crippen molar-refractivity contribution in [2.45, 2.75) is 38.9 Å². The molecule has 0 spiro atoms. The van der Waals surface area contributed by atoms with Crippen molar-refractivity contribution in [1.29, 1.82) is 0 Å². The van der Waals surface area contributed by atoms with Crippen molar-refractivity contribution in [2.75, 3.05) is 6.44 Å². The van der Waals surface area contributed by atoms with Gasteiger partial charge >= 0.3 is 7.12 Å². The topological polar surface area (TPSA) is 44.5 Å². The van der Waals surface area contributed by atoms with Crippen molar-refractivity contribution in [1.82, 2.24) is 0 Å². The highest BCUT2D eigenvalue weighted by Crippen LogP contribution is 2.36. The maximum atomic E-state index is 5.57. The van der Waals surface area contributed by atoms with E-state index >= 15 is 0 Å². The van der Waals surface area contributed by atoms with E-state index in [0.717, 1.165) is 0 Å². The van der Waals surface area contributed by atoms with E-state index in [1.807, 2.05) is 27.7 Å². The summed E-state index contributed by atoms with van der Waals surface area (Å²) < 4.78 is 11.1. The van der Waals surface area contributed by atoms with Gasteiger partial charge in [-0.2, -0.15) is 0 Å². The zero-order valence-electron chi connectivity index (χ0n) is 7.68. The summed E-state index contributed by atoms with van der Waals surface area (Å²) in [5.74, 6) is 0. The van der Waals surface area contributed by atoms with Crippen molar-refractivity contribution < 1.29 is 9.31 Å². The molecule has 0 aromatic carbocycles. The van der Waals surface area contributed by atoms with Crippen LogP contribution < -0.4 is 5.73 Å². The Morgan fingerprint density at radius 3 is 1.64 bits per heavy atom. The van der Waals surface area contributed by atoms with E-state index in [1.165, 1.54) is 0 Å². The molecule has 64 valence electrons. The van der Waals surface area contributed by atoms with Crippen molar-refractivity contribution in [3.05, 3.63) is 0 Å². The van der Waals surface area contributed by atoms with Gasteiger partial charge in [0.25, 0.3) is 0 Å². The molecule has 1 aliphatic rings. The van der Waals surface area contributed by atoms with Gasteiger partial charge in [0.1, 0.15) is 0 Å². The SMILES string of the molecule is CC1(C)OB(CN)OC1(C)C. The molecule has 1 fully saturated rings. The predicted molar refractivity (Wildman–Crippen MR) is 45.1 cm³/mol. The van der Waals surface area contributed by atoms with E-state index in [-0.39, 0.29) is 18.3 Å². The Labute approximate surface area is 68.4 Å². The highest BCUT2D eigenvalue weighted by Gasteiger charge is 2.50. The molecule has 1 rings (SSSR count). The van der Waals surface area contributed by atoms with Gasteiger partial charge in [-0.25, -0.2) is 0 Å². The molecule has 0 aromatic rings. The Morgan fingerprint density at radius 1 is 1.09 bits per heavy atom. The van der Waals surface area contributed by atoms with Gasteiger partial charge < -0.3 is 15.0 Å². The third-order valence-electron chi connectivity index (χ3n) is 2.49. The average molecular weight is 157 g/mol. The minimum absolute atomic E-state index is 0.236. The summed E-state index contributed by atoms with van der Waals surface area (Å²) in [5.41, 5.74) is 4.95. The lowest BCUT2D eigenvalue weighted by Gasteiger charge is -2.32. The zero-order valence-corrected chi connectivity index (χ0v) is 7.68. The Morgan fingerprint density at radius 2 is 1.45 bits per heavy atom. The van der Waals surface area contributed by atoms with Gasteiger partial charge in [0.2, 0.25) is 0 Å². The van der Waals surface area contributed by atoms with Crippen LogP contribution in [0.25, 0.3) is 0 Å². The van der Waals surface area contributed by atoms with Crippen LogP contribution in [0.1, 0.15) is 27.7 Å². The lowest BCUT2D eigenvalue weighted by atomic mass is 9.90. The van der Waals surface area contributed by atoms with Crippen LogP contribution in [0.3, 0.4) is 0 Å². The zero-order chi connectivity index (χ0) is 8.70. The second-order valence-electron chi connectivity index (χ2n) is 3.92. The van der Waals surface area contributed by atoms with Crippen LogP contribution in [0.4, 0.5) is 0 Å². The molecule has 1 saturated heterocycles. The molecule has 1 heterocycles. The molecule has 0 atom stereocenters. The quantitative estimate of drug-likeness (QED) is 0.566. The van der Waals surface area contributed by atoms with E-state index in [1.54, 1.807) is 0 Å². The van der Waals surface area contributed by atoms with E-state index in [4.69, 9.17) is 15.0 Å². The van der Waals surface area contributed by atoms with E-state index in [9.17, 15) is 0 Å². The summed E-state index contributed by atoms with van der Waals surface area (Å²) in [4.78, 5) is 0. The summed E-state index contributed by atoms with van der Waals surface area (Å²) in [6.07, 6.45) is 0.423. The molecule has 0 unspecified atom stereocenters. The minimum Gasteiger partial charge on any atom is -0.402 e. The lowest BCUT2D eigenvalue weighted by Crippen LogP contribution is -2.41. The first-order chi connectivity index (χ1) is 4.89. The monoisotopic (exact) mass is 157 g/mol. The Kier molecular flexibility index (Phi) is 2.03. The molecule has 1 aliphatic heterocycles. The smallest absolute Gasteiger partial charge is 0.402 e. The van der Waals surface area contributed by atoms with Gasteiger partial charge in [-0.15, -0.1) is 0 Å². The molecule has 2 N–H and O–H groups in total. The van der Waals surface area contributed by atoms with Gasteiger partial charge in [-0.05, 0) is 27.7 Å². The van der Waals surface area contributed by atoms with Crippen molar-refractivity contribution >= 4 is 7.12 Å². The standard InChI is InChI=1S/C7H16BNO2/c1-6(2)7(3,4)11-8(5-9)10-6/h5,9H2,1-4H3. The summed E-state index contributed by atoms with van der Waals surface area (Å²) in [5, 5.41) is 0. The van der Waals surface area contributed by atoms with Crippen LogP contribution in [-0.4, -0.2) is 24.8 Å². The van der Waals surface area contributed by atoms with Crippen LogP contribution in [0.5, 0.6) is 0 Å². The van der Waals surface area contributed by atoms with Crippen LogP contribution in [0.2, 0.25) is 0 Å². The number of hydrogen-bond acceptors (Lipinski definition) is 3. The molecule has 0 saturated carbocycles. The lowest BCUT2D eigenvalue weighted by molar-refractivity contribution is 0.00578. The molecule has 0 aliphatic carbocycles. The number of hydrogen-bond donors (Lipinski definition) is 1. The predicted octanol–water partition coefficient (Wildman–Crippen LogP) is 0.576. The van der Waals surface area contributed by atoms with E-state index < -0.39 is 0 Å². The minimum atomic E-state index is -0.239. The average Bonchev–Trinajstić information content (AvgIpc) is 2.03. The second kappa shape index (κ2) is 2.47. The molecule has 3 nitrogen and oxygen atoms in total. The van der Waals surface area contributed by atoms with Crippen LogP contribution in [0.15, 0.2) is 0 Å². The molecule has 0 radical (unpaired) electrons. The maximum absolute atomic E-state index is 5.57. The van der Waals surface area contributed by atoms with Crippen molar-refractivity contribution in [3.8, 4) is 0 Å². The third kappa shape index (κ3) is 1.43. The van der Waals surface area contributed by atoms with E-state index in [2.05, 4.69) is 0 Å². The number of nitrogens with two attached hydrogens (primary N) is 1. The molecule has 0 aromatic heterocycles. The molecular formula is C7H16BNO2. The molecule has 0 bridgehead atoms. The third-order valence-corrected chi connectivity index (χ3v) is 2.49. The first kappa shape index (κ1) is 9.04. The highest BCUT2D eigenvalue weighted by atomic mass is 16.7. The summed E-state index contributed by atoms with van der Waals surface area (Å²) in [6, 6.07) is 0. The molecular weight excluding hydrogens is 141 g/mol. The first-order valence-corrected chi connectivity index (χ1v) is 3.95. The van der Waals surface area contributed by atoms with Gasteiger partial charge in [-0.3, -0.25) is 0 Å². The Balaban J connectivity index is 2.72. The second-order valence-corrected chi connectivity index (χ2v) is 3.92. The first-order valence-electron chi connectivity index (χ1n) is 3.95. The molecule has 11 heavy (non-hydrogen) atoms.